The minimum atomic E-state index is -0.602. The predicted molar refractivity (Wildman–Crippen MR) is 73.9 cm³/mol. The van der Waals surface area contributed by atoms with Gasteiger partial charge in [0, 0.05) is 30.2 Å². The molecule has 0 saturated carbocycles. The van der Waals surface area contributed by atoms with Gasteiger partial charge in [0.25, 0.3) is 11.6 Å². The predicted octanol–water partition coefficient (Wildman–Crippen LogP) is 1.84. The van der Waals surface area contributed by atoms with Gasteiger partial charge >= 0.3 is 0 Å². The molecule has 1 aliphatic rings. The molecule has 19 heavy (non-hydrogen) atoms. The average molecular weight is 306 g/mol. The summed E-state index contributed by atoms with van der Waals surface area (Å²) in [5.41, 5.74) is 5.50. The summed E-state index contributed by atoms with van der Waals surface area (Å²) < 4.78 is 0. The van der Waals surface area contributed by atoms with Crippen LogP contribution in [-0.4, -0.2) is 34.9 Å². The molecule has 0 unspecified atom stereocenters. The number of hydrogen-bond acceptors (Lipinski definition) is 4. The SMILES string of the molecule is Cl.N[C@H]1CCN(C(=O)c2ccc(Cl)cc2[N+](=O)[O-])C1. The summed E-state index contributed by atoms with van der Waals surface area (Å²) in [4.78, 5) is 24.0. The molecule has 1 fully saturated rings. The number of carbonyl (C=O) groups excluding carboxylic acids is 1. The first-order valence-electron chi connectivity index (χ1n) is 5.48. The van der Waals surface area contributed by atoms with Crippen LogP contribution in [0.2, 0.25) is 5.02 Å². The van der Waals surface area contributed by atoms with Crippen molar-refractivity contribution in [1.29, 1.82) is 0 Å². The van der Waals surface area contributed by atoms with E-state index in [0.717, 1.165) is 0 Å². The second kappa shape index (κ2) is 6.18. The van der Waals surface area contributed by atoms with Gasteiger partial charge in [-0.05, 0) is 18.6 Å². The normalized spacial score (nSPS) is 18.0. The van der Waals surface area contributed by atoms with E-state index in [0.29, 0.717) is 19.5 Å². The molecular formula is C11H13Cl2N3O3. The second-order valence-electron chi connectivity index (χ2n) is 4.22. The molecule has 1 heterocycles. The molecule has 0 aromatic heterocycles. The molecule has 0 spiro atoms. The van der Waals surface area contributed by atoms with Gasteiger partial charge in [0.1, 0.15) is 5.56 Å². The van der Waals surface area contributed by atoms with Crippen LogP contribution in [0.3, 0.4) is 0 Å². The van der Waals surface area contributed by atoms with Gasteiger partial charge in [0.2, 0.25) is 0 Å². The van der Waals surface area contributed by atoms with Gasteiger partial charge in [-0.2, -0.15) is 0 Å². The summed E-state index contributed by atoms with van der Waals surface area (Å²) in [6.45, 7) is 0.957. The lowest BCUT2D eigenvalue weighted by Crippen LogP contribution is -2.32. The van der Waals surface area contributed by atoms with Gasteiger partial charge in [-0.3, -0.25) is 14.9 Å². The summed E-state index contributed by atoms with van der Waals surface area (Å²) >= 11 is 5.70. The molecule has 2 rings (SSSR count). The van der Waals surface area contributed by atoms with Gasteiger partial charge in [-0.25, -0.2) is 0 Å². The van der Waals surface area contributed by atoms with Crippen LogP contribution in [0.5, 0.6) is 0 Å². The van der Waals surface area contributed by atoms with E-state index in [9.17, 15) is 14.9 Å². The van der Waals surface area contributed by atoms with E-state index in [2.05, 4.69) is 0 Å². The van der Waals surface area contributed by atoms with Gasteiger partial charge < -0.3 is 10.6 Å². The number of hydrogen-bond donors (Lipinski definition) is 1. The number of likely N-dealkylation sites (tertiary alicyclic amines) is 1. The van der Waals surface area contributed by atoms with Crippen LogP contribution in [0.1, 0.15) is 16.8 Å². The standard InChI is InChI=1S/C11H12ClN3O3.ClH/c12-7-1-2-9(10(5-7)15(17)18)11(16)14-4-3-8(13)6-14;/h1-2,5,8H,3-4,6,13H2;1H/t8-;/m0./s1. The van der Waals surface area contributed by atoms with Crippen LogP contribution in [0.25, 0.3) is 0 Å². The van der Waals surface area contributed by atoms with Crippen molar-refractivity contribution in [2.24, 2.45) is 5.73 Å². The molecule has 1 atom stereocenters. The third kappa shape index (κ3) is 3.34. The van der Waals surface area contributed by atoms with E-state index in [1.54, 1.807) is 0 Å². The molecular weight excluding hydrogens is 293 g/mol. The van der Waals surface area contributed by atoms with Gasteiger partial charge in [-0.15, -0.1) is 12.4 Å². The molecule has 104 valence electrons. The molecule has 1 aromatic carbocycles. The molecule has 0 radical (unpaired) electrons. The Morgan fingerprint density at radius 1 is 1.53 bits per heavy atom. The summed E-state index contributed by atoms with van der Waals surface area (Å²) in [6.07, 6.45) is 0.715. The van der Waals surface area contributed by atoms with E-state index >= 15 is 0 Å². The summed E-state index contributed by atoms with van der Waals surface area (Å²) in [5, 5.41) is 11.1. The molecule has 0 bridgehead atoms. The van der Waals surface area contributed by atoms with Crippen molar-refractivity contribution in [2.75, 3.05) is 13.1 Å². The fraction of sp³-hybridized carbons (Fsp3) is 0.364. The Labute approximate surface area is 121 Å². The Kier molecular flexibility index (Phi) is 5.11. The number of nitro benzene ring substituents is 1. The highest BCUT2D eigenvalue weighted by Gasteiger charge is 2.29. The Bertz CT molecular complexity index is 510. The first kappa shape index (κ1) is 15.7. The Balaban J connectivity index is 0.00000180. The first-order chi connectivity index (χ1) is 8.49. The van der Waals surface area contributed by atoms with E-state index in [1.807, 2.05) is 0 Å². The topological polar surface area (TPSA) is 89.5 Å². The summed E-state index contributed by atoms with van der Waals surface area (Å²) in [6, 6.07) is 3.98. The van der Waals surface area contributed by atoms with Crippen molar-refractivity contribution in [3.8, 4) is 0 Å². The molecule has 1 aliphatic heterocycles. The highest BCUT2D eigenvalue weighted by molar-refractivity contribution is 6.31. The average Bonchev–Trinajstić information content (AvgIpc) is 2.75. The maximum atomic E-state index is 12.2. The molecule has 0 aliphatic carbocycles. The minimum absolute atomic E-state index is 0. The zero-order chi connectivity index (χ0) is 13.3. The third-order valence-electron chi connectivity index (χ3n) is 2.90. The van der Waals surface area contributed by atoms with Crippen LogP contribution in [-0.2, 0) is 0 Å². The molecule has 8 heteroatoms. The largest absolute Gasteiger partial charge is 0.337 e. The number of nitro groups is 1. The number of rotatable bonds is 2. The van der Waals surface area contributed by atoms with E-state index in [4.69, 9.17) is 17.3 Å². The maximum absolute atomic E-state index is 12.2. The van der Waals surface area contributed by atoms with Crippen molar-refractivity contribution in [3.05, 3.63) is 38.9 Å². The van der Waals surface area contributed by atoms with E-state index in [-0.39, 0.29) is 40.6 Å². The van der Waals surface area contributed by atoms with Crippen LogP contribution >= 0.6 is 24.0 Å². The molecule has 1 saturated heterocycles. The number of nitrogens with two attached hydrogens (primary N) is 1. The number of carbonyl (C=O) groups is 1. The highest BCUT2D eigenvalue weighted by atomic mass is 35.5. The second-order valence-corrected chi connectivity index (χ2v) is 4.65. The quantitative estimate of drug-likeness (QED) is 0.667. The number of amides is 1. The lowest BCUT2D eigenvalue weighted by molar-refractivity contribution is -0.385. The zero-order valence-electron chi connectivity index (χ0n) is 9.91. The molecule has 1 amide bonds. The van der Waals surface area contributed by atoms with Crippen LogP contribution in [0.4, 0.5) is 5.69 Å². The zero-order valence-corrected chi connectivity index (χ0v) is 11.5. The minimum Gasteiger partial charge on any atom is -0.337 e. The van der Waals surface area contributed by atoms with Gasteiger partial charge in [0.05, 0.1) is 4.92 Å². The molecule has 2 N–H and O–H groups in total. The van der Waals surface area contributed by atoms with E-state index < -0.39 is 4.92 Å². The van der Waals surface area contributed by atoms with Crippen LogP contribution in [0.15, 0.2) is 18.2 Å². The van der Waals surface area contributed by atoms with E-state index in [1.165, 1.54) is 23.1 Å². The van der Waals surface area contributed by atoms with Crippen molar-refractivity contribution >= 4 is 35.6 Å². The lowest BCUT2D eigenvalue weighted by atomic mass is 10.1. The fourth-order valence-corrected chi connectivity index (χ4v) is 2.15. The number of nitrogens with zero attached hydrogens (tertiary/aromatic N) is 2. The van der Waals surface area contributed by atoms with Crippen molar-refractivity contribution < 1.29 is 9.72 Å². The van der Waals surface area contributed by atoms with Crippen LogP contribution < -0.4 is 5.73 Å². The maximum Gasteiger partial charge on any atom is 0.283 e. The molecule has 1 aromatic rings. The Morgan fingerprint density at radius 2 is 2.21 bits per heavy atom. The third-order valence-corrected chi connectivity index (χ3v) is 3.13. The monoisotopic (exact) mass is 305 g/mol. The Morgan fingerprint density at radius 3 is 2.74 bits per heavy atom. The first-order valence-corrected chi connectivity index (χ1v) is 5.85. The lowest BCUT2D eigenvalue weighted by Gasteiger charge is -2.15. The Hall–Kier alpha value is -1.37. The number of benzene rings is 1. The van der Waals surface area contributed by atoms with Crippen LogP contribution in [0, 0.1) is 10.1 Å². The van der Waals surface area contributed by atoms with Gasteiger partial charge in [0.15, 0.2) is 0 Å². The van der Waals surface area contributed by atoms with Gasteiger partial charge in [-0.1, -0.05) is 11.6 Å². The smallest absolute Gasteiger partial charge is 0.283 e. The highest BCUT2D eigenvalue weighted by Crippen LogP contribution is 2.25. The number of halogens is 2. The van der Waals surface area contributed by atoms with Crippen molar-refractivity contribution in [1.82, 2.24) is 4.90 Å². The van der Waals surface area contributed by atoms with Crippen molar-refractivity contribution in [3.63, 3.8) is 0 Å². The summed E-state index contributed by atoms with van der Waals surface area (Å²) in [5.74, 6) is -0.369. The van der Waals surface area contributed by atoms with Crippen molar-refractivity contribution in [2.45, 2.75) is 12.5 Å². The molecule has 6 nitrogen and oxygen atoms in total. The fourth-order valence-electron chi connectivity index (χ4n) is 1.98. The summed E-state index contributed by atoms with van der Waals surface area (Å²) in [7, 11) is 0.